The zero-order valence-corrected chi connectivity index (χ0v) is 11.4. The molecule has 4 nitrogen and oxygen atoms in total. The van der Waals surface area contributed by atoms with E-state index in [1.165, 1.54) is 25.7 Å². The average molecular weight is 241 g/mol. The first-order valence-corrected chi connectivity index (χ1v) is 6.85. The maximum absolute atomic E-state index is 12.1. The molecule has 1 heterocycles. The zero-order valence-electron chi connectivity index (χ0n) is 11.4. The highest BCUT2D eigenvalue weighted by Crippen LogP contribution is 2.09. The molecule has 0 spiro atoms. The molecule has 1 saturated heterocycles. The summed E-state index contributed by atoms with van der Waals surface area (Å²) in [6.07, 6.45) is 6.01. The number of carbonyl (C=O) groups excluding carboxylic acids is 1. The fraction of sp³-hybridized carbons (Fsp3) is 0.923. The second kappa shape index (κ2) is 8.48. The first kappa shape index (κ1) is 14.5. The van der Waals surface area contributed by atoms with Gasteiger partial charge in [-0.3, -0.25) is 9.69 Å². The van der Waals surface area contributed by atoms with Gasteiger partial charge in [0.2, 0.25) is 5.91 Å². The minimum absolute atomic E-state index is 0.304. The summed E-state index contributed by atoms with van der Waals surface area (Å²) in [4.78, 5) is 16.2. The van der Waals surface area contributed by atoms with E-state index in [2.05, 4.69) is 10.2 Å². The molecule has 0 aromatic rings. The molecule has 0 unspecified atom stereocenters. The predicted molar refractivity (Wildman–Crippen MR) is 71.1 cm³/mol. The standard InChI is InChI=1S/C13H27N3O/c1-14-8-7-9-15(2)12-13(17)16-10-5-3-4-6-11-16/h14H,3-12H2,1-2H3. The molecule has 100 valence electrons. The van der Waals surface area contributed by atoms with Crippen molar-refractivity contribution < 1.29 is 4.79 Å². The van der Waals surface area contributed by atoms with E-state index in [0.29, 0.717) is 12.5 Å². The minimum atomic E-state index is 0.304. The maximum atomic E-state index is 12.1. The highest BCUT2D eigenvalue weighted by atomic mass is 16.2. The molecule has 0 aromatic carbocycles. The largest absolute Gasteiger partial charge is 0.342 e. The molecule has 17 heavy (non-hydrogen) atoms. The fourth-order valence-electron chi connectivity index (χ4n) is 2.26. The second-order valence-electron chi connectivity index (χ2n) is 4.99. The second-order valence-corrected chi connectivity index (χ2v) is 4.99. The Morgan fingerprint density at radius 1 is 1.24 bits per heavy atom. The summed E-state index contributed by atoms with van der Waals surface area (Å²) in [5.74, 6) is 0.304. The summed E-state index contributed by atoms with van der Waals surface area (Å²) in [7, 11) is 3.99. The van der Waals surface area contributed by atoms with E-state index in [0.717, 1.165) is 32.6 Å². The van der Waals surface area contributed by atoms with Crippen molar-refractivity contribution >= 4 is 5.91 Å². The molecule has 1 aliphatic heterocycles. The SMILES string of the molecule is CNCCCN(C)CC(=O)N1CCCCCC1. The van der Waals surface area contributed by atoms with Crippen LogP contribution in [0, 0.1) is 0 Å². The van der Waals surface area contributed by atoms with Crippen LogP contribution >= 0.6 is 0 Å². The van der Waals surface area contributed by atoms with Crippen molar-refractivity contribution in [1.82, 2.24) is 15.1 Å². The van der Waals surface area contributed by atoms with Crippen LogP contribution in [0.4, 0.5) is 0 Å². The van der Waals surface area contributed by atoms with Gasteiger partial charge in [0.15, 0.2) is 0 Å². The van der Waals surface area contributed by atoms with Crippen LogP contribution < -0.4 is 5.32 Å². The van der Waals surface area contributed by atoms with Crippen molar-refractivity contribution in [3.8, 4) is 0 Å². The molecular weight excluding hydrogens is 214 g/mol. The Morgan fingerprint density at radius 2 is 1.88 bits per heavy atom. The third kappa shape index (κ3) is 6.03. The highest BCUT2D eigenvalue weighted by Gasteiger charge is 2.16. The van der Waals surface area contributed by atoms with Gasteiger partial charge in [-0.05, 0) is 46.4 Å². The molecule has 0 aliphatic carbocycles. The van der Waals surface area contributed by atoms with Crippen LogP contribution in [0.1, 0.15) is 32.1 Å². The number of amides is 1. The lowest BCUT2D eigenvalue weighted by Gasteiger charge is -2.24. The Morgan fingerprint density at radius 3 is 2.47 bits per heavy atom. The lowest BCUT2D eigenvalue weighted by atomic mass is 10.2. The molecule has 1 rings (SSSR count). The van der Waals surface area contributed by atoms with Gasteiger partial charge in [0.05, 0.1) is 6.54 Å². The van der Waals surface area contributed by atoms with Crippen LogP contribution in [0.15, 0.2) is 0 Å². The minimum Gasteiger partial charge on any atom is -0.342 e. The van der Waals surface area contributed by atoms with Gasteiger partial charge in [-0.25, -0.2) is 0 Å². The lowest BCUT2D eigenvalue weighted by molar-refractivity contribution is -0.132. The number of nitrogens with one attached hydrogen (secondary N) is 1. The van der Waals surface area contributed by atoms with Crippen LogP contribution in [0.3, 0.4) is 0 Å². The van der Waals surface area contributed by atoms with Gasteiger partial charge >= 0.3 is 0 Å². The monoisotopic (exact) mass is 241 g/mol. The molecule has 0 bridgehead atoms. The van der Waals surface area contributed by atoms with Crippen LogP contribution in [-0.4, -0.2) is 62.5 Å². The molecular formula is C13H27N3O. The van der Waals surface area contributed by atoms with E-state index < -0.39 is 0 Å². The average Bonchev–Trinajstić information content (AvgIpc) is 2.57. The van der Waals surface area contributed by atoms with E-state index in [1.807, 2.05) is 19.0 Å². The number of likely N-dealkylation sites (N-methyl/N-ethyl adjacent to an activating group) is 1. The summed E-state index contributed by atoms with van der Waals surface area (Å²) in [6, 6.07) is 0. The van der Waals surface area contributed by atoms with Crippen LogP contribution in [0.25, 0.3) is 0 Å². The summed E-state index contributed by atoms with van der Waals surface area (Å²) >= 11 is 0. The highest BCUT2D eigenvalue weighted by molar-refractivity contribution is 5.78. The quantitative estimate of drug-likeness (QED) is 0.703. The van der Waals surface area contributed by atoms with Crippen molar-refractivity contribution in [3.05, 3.63) is 0 Å². The normalized spacial score (nSPS) is 17.2. The number of hydrogen-bond acceptors (Lipinski definition) is 3. The van der Waals surface area contributed by atoms with E-state index in [9.17, 15) is 4.79 Å². The number of rotatable bonds is 6. The molecule has 0 radical (unpaired) electrons. The van der Waals surface area contributed by atoms with Crippen molar-refractivity contribution in [2.45, 2.75) is 32.1 Å². The van der Waals surface area contributed by atoms with Gasteiger partial charge in [0.1, 0.15) is 0 Å². The number of likely N-dealkylation sites (tertiary alicyclic amines) is 1. The third-order valence-corrected chi connectivity index (χ3v) is 3.33. The molecule has 1 fully saturated rings. The van der Waals surface area contributed by atoms with Crippen LogP contribution in [-0.2, 0) is 4.79 Å². The van der Waals surface area contributed by atoms with Crippen LogP contribution in [0.2, 0.25) is 0 Å². The number of hydrogen-bond donors (Lipinski definition) is 1. The molecule has 0 atom stereocenters. The van der Waals surface area contributed by atoms with Gasteiger partial charge in [-0.15, -0.1) is 0 Å². The first-order chi connectivity index (χ1) is 8.24. The molecule has 0 saturated carbocycles. The van der Waals surface area contributed by atoms with Crippen molar-refractivity contribution in [1.29, 1.82) is 0 Å². The summed E-state index contributed by atoms with van der Waals surface area (Å²) in [6.45, 7) is 4.50. The molecule has 1 N–H and O–H groups in total. The molecule has 0 aromatic heterocycles. The van der Waals surface area contributed by atoms with Gasteiger partial charge in [-0.2, -0.15) is 0 Å². The van der Waals surface area contributed by atoms with Crippen molar-refractivity contribution in [2.24, 2.45) is 0 Å². The summed E-state index contributed by atoms with van der Waals surface area (Å²) in [5.41, 5.74) is 0. The Bertz CT molecular complexity index is 213. The van der Waals surface area contributed by atoms with E-state index in [4.69, 9.17) is 0 Å². The smallest absolute Gasteiger partial charge is 0.236 e. The van der Waals surface area contributed by atoms with Gasteiger partial charge in [0, 0.05) is 13.1 Å². The van der Waals surface area contributed by atoms with Gasteiger partial charge < -0.3 is 10.2 Å². The fourth-order valence-corrected chi connectivity index (χ4v) is 2.26. The van der Waals surface area contributed by atoms with E-state index >= 15 is 0 Å². The van der Waals surface area contributed by atoms with Gasteiger partial charge in [0.25, 0.3) is 0 Å². The maximum Gasteiger partial charge on any atom is 0.236 e. The molecule has 1 aliphatic rings. The molecule has 1 amide bonds. The van der Waals surface area contributed by atoms with Crippen molar-refractivity contribution in [2.75, 3.05) is 46.8 Å². The van der Waals surface area contributed by atoms with Gasteiger partial charge in [-0.1, -0.05) is 12.8 Å². The number of carbonyl (C=O) groups is 1. The van der Waals surface area contributed by atoms with Crippen LogP contribution in [0.5, 0.6) is 0 Å². The predicted octanol–water partition coefficient (Wildman–Crippen LogP) is 0.930. The third-order valence-electron chi connectivity index (χ3n) is 3.33. The Balaban J connectivity index is 2.21. The topological polar surface area (TPSA) is 35.6 Å². The lowest BCUT2D eigenvalue weighted by Crippen LogP contribution is -2.40. The van der Waals surface area contributed by atoms with E-state index in [-0.39, 0.29) is 0 Å². The summed E-state index contributed by atoms with van der Waals surface area (Å²) < 4.78 is 0. The first-order valence-electron chi connectivity index (χ1n) is 6.85. The van der Waals surface area contributed by atoms with Crippen molar-refractivity contribution in [3.63, 3.8) is 0 Å². The van der Waals surface area contributed by atoms with E-state index in [1.54, 1.807) is 0 Å². The zero-order chi connectivity index (χ0) is 12.5. The Hall–Kier alpha value is -0.610. The Labute approximate surface area is 105 Å². The molecule has 4 heteroatoms. The number of nitrogens with zero attached hydrogens (tertiary/aromatic N) is 2. The summed E-state index contributed by atoms with van der Waals surface area (Å²) in [5, 5.41) is 3.13. The Kier molecular flexibility index (Phi) is 7.21.